The van der Waals surface area contributed by atoms with Crippen molar-refractivity contribution in [1.29, 1.82) is 0 Å². The Morgan fingerprint density at radius 2 is 2.22 bits per heavy atom. The molecule has 7 heteroatoms. The zero-order chi connectivity index (χ0) is 16.8. The lowest BCUT2D eigenvalue weighted by molar-refractivity contribution is -0.128. The minimum absolute atomic E-state index is 0.0348. The number of piperidine rings is 1. The number of rotatable bonds is 7. The van der Waals surface area contributed by atoms with Gasteiger partial charge >= 0.3 is 0 Å². The lowest BCUT2D eigenvalue weighted by Crippen LogP contribution is -2.45. The highest BCUT2D eigenvalue weighted by atomic mass is 32.1. The van der Waals surface area contributed by atoms with Crippen LogP contribution in [-0.2, 0) is 16.0 Å². The van der Waals surface area contributed by atoms with Crippen LogP contribution in [-0.4, -0.2) is 47.9 Å². The van der Waals surface area contributed by atoms with Crippen molar-refractivity contribution in [3.05, 3.63) is 15.6 Å². The number of nitrogens with two attached hydrogens (primary N) is 1. The summed E-state index contributed by atoms with van der Waals surface area (Å²) in [4.78, 5) is 31.0. The summed E-state index contributed by atoms with van der Waals surface area (Å²) < 4.78 is 0. The van der Waals surface area contributed by atoms with Crippen molar-refractivity contribution in [3.63, 3.8) is 0 Å². The van der Waals surface area contributed by atoms with Crippen LogP contribution in [0, 0.1) is 19.8 Å². The van der Waals surface area contributed by atoms with Crippen LogP contribution in [0.15, 0.2) is 0 Å². The summed E-state index contributed by atoms with van der Waals surface area (Å²) in [5.74, 6) is -0.279. The summed E-state index contributed by atoms with van der Waals surface area (Å²) in [6, 6.07) is 0. The quantitative estimate of drug-likeness (QED) is 0.726. The number of likely N-dealkylation sites (tertiary alicyclic amines) is 1. The topological polar surface area (TPSA) is 88.3 Å². The van der Waals surface area contributed by atoms with Gasteiger partial charge in [-0.25, -0.2) is 4.98 Å². The molecule has 1 atom stereocenters. The van der Waals surface area contributed by atoms with Crippen LogP contribution in [0.1, 0.15) is 34.8 Å². The van der Waals surface area contributed by atoms with Crippen molar-refractivity contribution in [2.45, 2.75) is 39.5 Å². The van der Waals surface area contributed by atoms with E-state index in [0.717, 1.165) is 42.9 Å². The second-order valence-electron chi connectivity index (χ2n) is 6.18. The first-order chi connectivity index (χ1) is 11.0. The summed E-state index contributed by atoms with van der Waals surface area (Å²) in [6.45, 7) is 6.49. The molecule has 6 nitrogen and oxygen atoms in total. The highest BCUT2D eigenvalue weighted by Crippen LogP contribution is 2.18. The predicted octanol–water partition coefficient (Wildman–Crippen LogP) is 1.01. The van der Waals surface area contributed by atoms with Gasteiger partial charge in [0.05, 0.1) is 23.2 Å². The van der Waals surface area contributed by atoms with Gasteiger partial charge in [0.2, 0.25) is 11.8 Å². The normalized spacial score (nSPS) is 18.8. The van der Waals surface area contributed by atoms with E-state index in [0.29, 0.717) is 13.1 Å². The molecule has 2 rings (SSSR count). The monoisotopic (exact) mass is 338 g/mol. The molecule has 1 aliphatic heterocycles. The minimum atomic E-state index is -0.333. The van der Waals surface area contributed by atoms with Crippen LogP contribution in [0.3, 0.4) is 0 Å². The third kappa shape index (κ3) is 5.58. The Balaban J connectivity index is 1.68. The Labute approximate surface area is 141 Å². The molecule has 0 saturated carbocycles. The second-order valence-corrected chi connectivity index (χ2v) is 7.47. The van der Waals surface area contributed by atoms with Gasteiger partial charge in [-0.1, -0.05) is 0 Å². The van der Waals surface area contributed by atoms with E-state index in [4.69, 9.17) is 5.73 Å². The van der Waals surface area contributed by atoms with Crippen molar-refractivity contribution in [2.24, 2.45) is 11.7 Å². The first-order valence-electron chi connectivity index (χ1n) is 8.17. The molecule has 2 heterocycles. The Morgan fingerprint density at radius 1 is 1.43 bits per heavy atom. The van der Waals surface area contributed by atoms with E-state index in [2.05, 4.69) is 17.2 Å². The molecular weight excluding hydrogens is 312 g/mol. The van der Waals surface area contributed by atoms with Crippen molar-refractivity contribution in [1.82, 2.24) is 15.2 Å². The summed E-state index contributed by atoms with van der Waals surface area (Å²) in [5.41, 5.74) is 6.33. The van der Waals surface area contributed by atoms with Gasteiger partial charge in [0, 0.05) is 24.4 Å². The molecule has 0 bridgehead atoms. The number of carbonyl (C=O) groups excluding carboxylic acids is 2. The molecule has 0 aromatic carbocycles. The van der Waals surface area contributed by atoms with Crippen LogP contribution in [0.4, 0.5) is 0 Å². The molecule has 3 N–H and O–H groups in total. The van der Waals surface area contributed by atoms with Crippen LogP contribution in [0.2, 0.25) is 0 Å². The fourth-order valence-corrected chi connectivity index (χ4v) is 3.85. The van der Waals surface area contributed by atoms with E-state index in [-0.39, 0.29) is 24.3 Å². The number of thiazole rings is 1. The lowest BCUT2D eigenvalue weighted by atomic mass is 9.97. The lowest BCUT2D eigenvalue weighted by Gasteiger charge is -2.30. The molecule has 2 amide bonds. The van der Waals surface area contributed by atoms with E-state index in [1.54, 1.807) is 11.3 Å². The Kier molecular flexibility index (Phi) is 6.53. The predicted molar refractivity (Wildman–Crippen MR) is 91.3 cm³/mol. The highest BCUT2D eigenvalue weighted by molar-refractivity contribution is 7.11. The van der Waals surface area contributed by atoms with Gasteiger partial charge in [0.25, 0.3) is 0 Å². The van der Waals surface area contributed by atoms with E-state index in [9.17, 15) is 9.59 Å². The third-order valence-corrected chi connectivity index (χ3v) is 5.33. The molecule has 0 aliphatic carbocycles. The van der Waals surface area contributed by atoms with Gasteiger partial charge in [-0.15, -0.1) is 11.3 Å². The number of nitrogens with zero attached hydrogens (tertiary/aromatic N) is 2. The van der Waals surface area contributed by atoms with Crippen molar-refractivity contribution >= 4 is 23.2 Å². The van der Waals surface area contributed by atoms with E-state index in [1.807, 2.05) is 11.8 Å². The van der Waals surface area contributed by atoms with E-state index < -0.39 is 0 Å². The fraction of sp³-hybridized carbons (Fsp3) is 0.688. The smallest absolute Gasteiger partial charge is 0.231 e. The van der Waals surface area contributed by atoms with Gasteiger partial charge in [-0.2, -0.15) is 0 Å². The molecule has 1 saturated heterocycles. The maximum atomic E-state index is 12.2. The number of amides is 2. The maximum absolute atomic E-state index is 12.2. The zero-order valence-electron chi connectivity index (χ0n) is 13.9. The second kappa shape index (κ2) is 8.40. The summed E-state index contributed by atoms with van der Waals surface area (Å²) in [5, 5.41) is 4.15. The Morgan fingerprint density at radius 3 is 2.87 bits per heavy atom. The van der Waals surface area contributed by atoms with Crippen LogP contribution in [0.25, 0.3) is 0 Å². The SMILES string of the molecule is Cc1nc(CCCNC(=O)[C@H]2CCCN(CC(N)=O)C2)sc1C. The standard InChI is InChI=1S/C16H26N4O2S/c1-11-12(2)23-15(19-11)6-3-7-18-16(22)13-5-4-8-20(9-13)10-14(17)21/h13H,3-10H2,1-2H3,(H2,17,21)(H,18,22)/t13-/m0/s1. The number of aromatic nitrogens is 1. The zero-order valence-corrected chi connectivity index (χ0v) is 14.7. The molecule has 0 unspecified atom stereocenters. The Bertz CT molecular complexity index is 539. The first kappa shape index (κ1) is 17.9. The van der Waals surface area contributed by atoms with Gasteiger partial charge in [-0.3, -0.25) is 14.5 Å². The highest BCUT2D eigenvalue weighted by Gasteiger charge is 2.26. The summed E-state index contributed by atoms with van der Waals surface area (Å²) in [7, 11) is 0. The average molecular weight is 338 g/mol. The van der Waals surface area contributed by atoms with Gasteiger partial charge in [0.15, 0.2) is 0 Å². The van der Waals surface area contributed by atoms with Crippen molar-refractivity contribution in [2.75, 3.05) is 26.2 Å². The molecule has 1 aromatic heterocycles. The van der Waals surface area contributed by atoms with Gasteiger partial charge in [0.1, 0.15) is 0 Å². The fourth-order valence-electron chi connectivity index (χ4n) is 2.88. The molecule has 1 aliphatic rings. The number of hydrogen-bond donors (Lipinski definition) is 2. The average Bonchev–Trinajstić information content (AvgIpc) is 2.81. The molecule has 0 radical (unpaired) electrons. The van der Waals surface area contributed by atoms with Crippen LogP contribution in [0.5, 0.6) is 0 Å². The van der Waals surface area contributed by atoms with Crippen molar-refractivity contribution < 1.29 is 9.59 Å². The number of nitrogens with one attached hydrogen (secondary N) is 1. The Hall–Kier alpha value is -1.47. The number of primary amides is 1. The first-order valence-corrected chi connectivity index (χ1v) is 8.98. The van der Waals surface area contributed by atoms with Crippen molar-refractivity contribution in [3.8, 4) is 0 Å². The maximum Gasteiger partial charge on any atom is 0.231 e. The number of hydrogen-bond acceptors (Lipinski definition) is 5. The number of carbonyl (C=O) groups is 2. The van der Waals surface area contributed by atoms with Gasteiger partial charge in [-0.05, 0) is 39.7 Å². The summed E-state index contributed by atoms with van der Waals surface area (Å²) in [6.07, 6.45) is 3.61. The van der Waals surface area contributed by atoms with E-state index in [1.165, 1.54) is 4.88 Å². The molecule has 23 heavy (non-hydrogen) atoms. The number of aryl methyl sites for hydroxylation is 3. The molecule has 0 spiro atoms. The van der Waals surface area contributed by atoms with Crippen LogP contribution < -0.4 is 11.1 Å². The largest absolute Gasteiger partial charge is 0.369 e. The molecular formula is C16H26N4O2S. The van der Waals surface area contributed by atoms with Crippen LogP contribution >= 0.6 is 11.3 Å². The molecule has 1 fully saturated rings. The molecule has 1 aromatic rings. The summed E-state index contributed by atoms with van der Waals surface area (Å²) >= 11 is 1.73. The van der Waals surface area contributed by atoms with E-state index >= 15 is 0 Å². The minimum Gasteiger partial charge on any atom is -0.369 e. The van der Waals surface area contributed by atoms with Gasteiger partial charge < -0.3 is 11.1 Å². The third-order valence-electron chi connectivity index (χ3n) is 4.20. The molecule has 128 valence electrons.